The van der Waals surface area contributed by atoms with Crippen molar-refractivity contribution in [3.8, 4) is 0 Å². The molecule has 8 nitrogen and oxygen atoms in total. The summed E-state index contributed by atoms with van der Waals surface area (Å²) in [6, 6.07) is 12.1. The molecule has 8 heteroatoms. The molecule has 2 aromatic heterocycles. The molecule has 1 aliphatic rings. The third-order valence-corrected chi connectivity index (χ3v) is 6.68. The van der Waals surface area contributed by atoms with Crippen LogP contribution in [0, 0.1) is 6.92 Å². The van der Waals surface area contributed by atoms with Crippen LogP contribution in [-0.4, -0.2) is 64.2 Å². The molecule has 2 amide bonds. The van der Waals surface area contributed by atoms with Crippen LogP contribution in [-0.2, 0) is 10.3 Å². The number of fused-ring (bicyclic) bond motifs is 1. The normalized spacial score (nSPS) is 14.5. The summed E-state index contributed by atoms with van der Waals surface area (Å²) in [5.41, 5.74) is 3.85. The van der Waals surface area contributed by atoms with Gasteiger partial charge in [-0.1, -0.05) is 32.0 Å². The number of anilines is 1. The van der Waals surface area contributed by atoms with Gasteiger partial charge in [-0.05, 0) is 51.8 Å². The zero-order valence-electron chi connectivity index (χ0n) is 22.3. The van der Waals surface area contributed by atoms with E-state index in [1.807, 2.05) is 40.8 Å². The molecule has 1 saturated heterocycles. The summed E-state index contributed by atoms with van der Waals surface area (Å²) in [7, 11) is 0. The molecule has 1 aliphatic heterocycles. The van der Waals surface area contributed by atoms with Gasteiger partial charge in [0.1, 0.15) is 0 Å². The maximum Gasteiger partial charge on any atom is 0.252 e. The van der Waals surface area contributed by atoms with Crippen LogP contribution in [0.3, 0.4) is 0 Å². The fraction of sp³-hybridized carbons (Fsp3) is 0.500. The summed E-state index contributed by atoms with van der Waals surface area (Å²) in [6.07, 6.45) is 0.280. The molecule has 0 unspecified atom stereocenters. The monoisotopic (exact) mass is 490 g/mol. The maximum absolute atomic E-state index is 13.3. The van der Waals surface area contributed by atoms with Gasteiger partial charge in [0, 0.05) is 50.5 Å². The van der Waals surface area contributed by atoms with E-state index in [-0.39, 0.29) is 29.7 Å². The highest BCUT2D eigenvalue weighted by Gasteiger charge is 2.26. The Morgan fingerprint density at radius 1 is 1.06 bits per heavy atom. The van der Waals surface area contributed by atoms with Crippen LogP contribution in [0.15, 0.2) is 36.4 Å². The largest absolute Gasteiger partial charge is 0.368 e. The Balaban J connectivity index is 1.41. The molecule has 3 heterocycles. The number of carbonyl (C=O) groups is 2. The lowest BCUT2D eigenvalue weighted by Gasteiger charge is -2.36. The Hall–Kier alpha value is -3.42. The van der Waals surface area contributed by atoms with Crippen molar-refractivity contribution in [3.05, 3.63) is 53.3 Å². The van der Waals surface area contributed by atoms with Crippen molar-refractivity contribution in [2.45, 2.75) is 59.4 Å². The predicted molar refractivity (Wildman–Crippen MR) is 144 cm³/mol. The van der Waals surface area contributed by atoms with Gasteiger partial charge in [0.05, 0.1) is 22.2 Å². The van der Waals surface area contributed by atoms with Gasteiger partial charge in [-0.2, -0.15) is 5.10 Å². The summed E-state index contributed by atoms with van der Waals surface area (Å²) in [4.78, 5) is 35.2. The number of piperazine rings is 1. The number of rotatable bonds is 6. The first-order valence-corrected chi connectivity index (χ1v) is 12.8. The molecule has 36 heavy (non-hydrogen) atoms. The summed E-state index contributed by atoms with van der Waals surface area (Å²) >= 11 is 0. The summed E-state index contributed by atoms with van der Waals surface area (Å²) in [5.74, 6) is 0.0470. The van der Waals surface area contributed by atoms with Crippen molar-refractivity contribution in [2.24, 2.45) is 0 Å². The number of hydrogen-bond donors (Lipinski definition) is 1. The second-order valence-electron chi connectivity index (χ2n) is 10.8. The number of carbonyl (C=O) groups excluding carboxylic acids is 2. The number of aromatic nitrogens is 3. The molecule has 0 aliphatic carbocycles. The number of para-hydroxylation sites is 1. The topological polar surface area (TPSA) is 83.4 Å². The molecule has 3 aromatic rings. The summed E-state index contributed by atoms with van der Waals surface area (Å²) in [6.45, 7) is 15.6. The Morgan fingerprint density at radius 3 is 2.33 bits per heavy atom. The van der Waals surface area contributed by atoms with Gasteiger partial charge >= 0.3 is 0 Å². The van der Waals surface area contributed by atoms with Crippen molar-refractivity contribution in [1.29, 1.82) is 0 Å². The molecule has 0 saturated carbocycles. The van der Waals surface area contributed by atoms with Crippen molar-refractivity contribution in [3.63, 3.8) is 0 Å². The zero-order valence-corrected chi connectivity index (χ0v) is 22.3. The Bertz CT molecular complexity index is 1230. The van der Waals surface area contributed by atoms with Crippen LogP contribution in [0.2, 0.25) is 0 Å². The standard InChI is InChI=1S/C28H38N6O2/c1-19(2)23-18-22(25-20(3)31-34(26(25)30-23)28(4,5)6)27(36)29-13-12-24(35)33-16-14-32(15-17-33)21-10-8-7-9-11-21/h7-11,18-19H,12-17H2,1-6H3,(H,29,36). The first-order valence-electron chi connectivity index (χ1n) is 12.8. The minimum Gasteiger partial charge on any atom is -0.368 e. The van der Waals surface area contributed by atoms with Gasteiger partial charge < -0.3 is 15.1 Å². The number of pyridine rings is 1. The van der Waals surface area contributed by atoms with Crippen molar-refractivity contribution >= 4 is 28.5 Å². The molecule has 1 fully saturated rings. The van der Waals surface area contributed by atoms with Gasteiger partial charge in [0.15, 0.2) is 5.65 Å². The van der Waals surface area contributed by atoms with E-state index in [0.29, 0.717) is 25.2 Å². The smallest absolute Gasteiger partial charge is 0.252 e. The number of aryl methyl sites for hydroxylation is 1. The Labute approximate surface area is 213 Å². The van der Waals surface area contributed by atoms with E-state index in [9.17, 15) is 9.59 Å². The third-order valence-electron chi connectivity index (χ3n) is 6.68. The van der Waals surface area contributed by atoms with Crippen LogP contribution in [0.5, 0.6) is 0 Å². The number of nitrogens with zero attached hydrogens (tertiary/aromatic N) is 5. The average Bonchev–Trinajstić information content (AvgIpc) is 3.21. The van der Waals surface area contributed by atoms with E-state index >= 15 is 0 Å². The lowest BCUT2D eigenvalue weighted by atomic mass is 10.0. The number of hydrogen-bond acceptors (Lipinski definition) is 5. The quantitative estimate of drug-likeness (QED) is 0.563. The maximum atomic E-state index is 13.3. The summed E-state index contributed by atoms with van der Waals surface area (Å²) in [5, 5.41) is 8.46. The van der Waals surface area contributed by atoms with E-state index in [4.69, 9.17) is 10.1 Å². The highest BCUT2D eigenvalue weighted by atomic mass is 16.2. The highest BCUT2D eigenvalue weighted by Crippen LogP contribution is 2.29. The predicted octanol–water partition coefficient (Wildman–Crippen LogP) is 4.09. The van der Waals surface area contributed by atoms with E-state index in [2.05, 4.69) is 57.0 Å². The molecule has 192 valence electrons. The Morgan fingerprint density at radius 2 is 1.72 bits per heavy atom. The first kappa shape index (κ1) is 25.7. The fourth-order valence-corrected chi connectivity index (χ4v) is 4.64. The van der Waals surface area contributed by atoms with Gasteiger partial charge in [-0.25, -0.2) is 9.67 Å². The van der Waals surface area contributed by atoms with Crippen LogP contribution < -0.4 is 10.2 Å². The molecule has 4 rings (SSSR count). The van der Waals surface area contributed by atoms with Gasteiger partial charge in [0.25, 0.3) is 5.91 Å². The van der Waals surface area contributed by atoms with Crippen LogP contribution >= 0.6 is 0 Å². The highest BCUT2D eigenvalue weighted by molar-refractivity contribution is 6.06. The molecule has 1 aromatic carbocycles. The van der Waals surface area contributed by atoms with E-state index in [0.717, 1.165) is 35.5 Å². The molecule has 0 atom stereocenters. The van der Waals surface area contributed by atoms with Crippen LogP contribution in [0.4, 0.5) is 5.69 Å². The second kappa shape index (κ2) is 10.3. The summed E-state index contributed by atoms with van der Waals surface area (Å²) < 4.78 is 1.90. The van der Waals surface area contributed by atoms with Gasteiger partial charge in [0.2, 0.25) is 5.91 Å². The van der Waals surface area contributed by atoms with E-state index in [1.165, 1.54) is 5.69 Å². The van der Waals surface area contributed by atoms with Crippen molar-refractivity contribution < 1.29 is 9.59 Å². The lowest BCUT2D eigenvalue weighted by molar-refractivity contribution is -0.131. The lowest BCUT2D eigenvalue weighted by Crippen LogP contribution is -2.49. The minimum absolute atomic E-state index is 0.0717. The average molecular weight is 491 g/mol. The minimum atomic E-state index is -0.264. The van der Waals surface area contributed by atoms with Gasteiger partial charge in [-0.3, -0.25) is 9.59 Å². The molecule has 0 spiro atoms. The fourth-order valence-electron chi connectivity index (χ4n) is 4.64. The molecule has 1 N–H and O–H groups in total. The van der Waals surface area contributed by atoms with Crippen molar-refractivity contribution in [2.75, 3.05) is 37.6 Å². The molecule has 0 radical (unpaired) electrons. The zero-order chi connectivity index (χ0) is 26.0. The SMILES string of the molecule is Cc1nn(C(C)(C)C)c2nc(C(C)C)cc(C(=O)NCCC(=O)N3CCN(c4ccccc4)CC3)c12. The van der Waals surface area contributed by atoms with Gasteiger partial charge in [-0.15, -0.1) is 0 Å². The molecular formula is C28H38N6O2. The van der Waals surface area contributed by atoms with E-state index < -0.39 is 0 Å². The number of nitrogens with one attached hydrogen (secondary N) is 1. The van der Waals surface area contributed by atoms with E-state index in [1.54, 1.807) is 0 Å². The number of benzene rings is 1. The van der Waals surface area contributed by atoms with Crippen LogP contribution in [0.1, 0.15) is 68.7 Å². The van der Waals surface area contributed by atoms with Crippen LogP contribution in [0.25, 0.3) is 11.0 Å². The molecule has 0 bridgehead atoms. The second-order valence-corrected chi connectivity index (χ2v) is 10.8. The number of amides is 2. The third kappa shape index (κ3) is 5.37. The molecular weight excluding hydrogens is 452 g/mol. The first-order chi connectivity index (χ1) is 17.1. The Kier molecular flexibility index (Phi) is 7.33. The van der Waals surface area contributed by atoms with Crippen molar-refractivity contribution in [1.82, 2.24) is 25.0 Å².